The largest absolute Gasteiger partial charge is 0.479 e. The number of amides is 1. The minimum Gasteiger partial charge on any atom is -0.479 e. The molecule has 3 heteroatoms. The molecule has 1 unspecified atom stereocenters. The van der Waals surface area contributed by atoms with Crippen molar-refractivity contribution in [1.82, 2.24) is 0 Å². The van der Waals surface area contributed by atoms with Crippen molar-refractivity contribution in [1.29, 1.82) is 0 Å². The maximum absolute atomic E-state index is 12.3. The van der Waals surface area contributed by atoms with E-state index in [1.807, 2.05) is 54.6 Å². The Balaban J connectivity index is 2.15. The molecule has 0 saturated heterocycles. The van der Waals surface area contributed by atoms with E-state index >= 15 is 0 Å². The maximum atomic E-state index is 12.3. The van der Waals surface area contributed by atoms with Crippen LogP contribution in [0.4, 0.5) is 11.4 Å². The Hall–Kier alpha value is -2.29. The molecule has 90 valence electrons. The number of rotatable bonds is 1. The molecule has 3 rings (SSSR count). The highest BCUT2D eigenvalue weighted by atomic mass is 16.5. The van der Waals surface area contributed by atoms with Crippen LogP contribution in [0.3, 0.4) is 0 Å². The van der Waals surface area contributed by atoms with Gasteiger partial charge < -0.3 is 4.74 Å². The molecule has 1 atom stereocenters. The quantitative estimate of drug-likeness (QED) is 0.765. The number of carbonyl (C=O) groups is 1. The number of fused-ring (bicyclic) bond motifs is 1. The monoisotopic (exact) mass is 239 g/mol. The fourth-order valence-electron chi connectivity index (χ4n) is 2.13. The van der Waals surface area contributed by atoms with Gasteiger partial charge in [0, 0.05) is 5.69 Å². The Labute approximate surface area is 106 Å². The van der Waals surface area contributed by atoms with Crippen LogP contribution < -0.4 is 9.64 Å². The molecule has 0 aliphatic carbocycles. The van der Waals surface area contributed by atoms with Crippen LogP contribution in [0, 0.1) is 0 Å². The van der Waals surface area contributed by atoms with Crippen molar-refractivity contribution in [2.24, 2.45) is 0 Å². The molecule has 1 heterocycles. The third-order valence-corrected chi connectivity index (χ3v) is 2.99. The van der Waals surface area contributed by atoms with Crippen molar-refractivity contribution in [2.45, 2.75) is 13.0 Å². The molecular weight excluding hydrogens is 226 g/mol. The average Bonchev–Trinajstić information content (AvgIpc) is 2.41. The minimum absolute atomic E-state index is 0.0418. The van der Waals surface area contributed by atoms with Crippen LogP contribution in [0.15, 0.2) is 54.6 Å². The van der Waals surface area contributed by atoms with Gasteiger partial charge in [0.05, 0.1) is 5.69 Å². The molecule has 1 amide bonds. The van der Waals surface area contributed by atoms with Crippen molar-refractivity contribution in [2.75, 3.05) is 4.90 Å². The van der Waals surface area contributed by atoms with Crippen molar-refractivity contribution in [3.05, 3.63) is 54.6 Å². The molecular formula is C15H13NO2. The highest BCUT2D eigenvalue weighted by molar-refractivity contribution is 6.05. The zero-order valence-corrected chi connectivity index (χ0v) is 10.0. The molecule has 0 saturated carbocycles. The van der Waals surface area contributed by atoms with E-state index in [2.05, 4.69) is 0 Å². The van der Waals surface area contributed by atoms with Crippen molar-refractivity contribution in [3.63, 3.8) is 0 Å². The average molecular weight is 239 g/mol. The van der Waals surface area contributed by atoms with Gasteiger partial charge in [0.15, 0.2) is 6.10 Å². The number of hydrogen-bond donors (Lipinski definition) is 0. The zero-order chi connectivity index (χ0) is 12.5. The number of para-hydroxylation sites is 3. The molecule has 0 bridgehead atoms. The summed E-state index contributed by atoms with van der Waals surface area (Å²) in [4.78, 5) is 14.0. The number of benzene rings is 2. The highest BCUT2D eigenvalue weighted by Crippen LogP contribution is 2.38. The summed E-state index contributed by atoms with van der Waals surface area (Å²) < 4.78 is 5.60. The molecule has 0 fully saturated rings. The summed E-state index contributed by atoms with van der Waals surface area (Å²) in [6.45, 7) is 1.77. The van der Waals surface area contributed by atoms with Crippen molar-refractivity contribution in [3.8, 4) is 5.75 Å². The number of anilines is 2. The van der Waals surface area contributed by atoms with Gasteiger partial charge in [-0.2, -0.15) is 0 Å². The van der Waals surface area contributed by atoms with E-state index in [4.69, 9.17) is 4.74 Å². The molecule has 0 N–H and O–H groups in total. The van der Waals surface area contributed by atoms with Crippen LogP contribution in [0.5, 0.6) is 5.75 Å². The Bertz CT molecular complexity index is 580. The van der Waals surface area contributed by atoms with Crippen LogP contribution in [-0.2, 0) is 4.79 Å². The van der Waals surface area contributed by atoms with Gasteiger partial charge in [-0.05, 0) is 31.2 Å². The van der Waals surface area contributed by atoms with Gasteiger partial charge in [0.25, 0.3) is 5.91 Å². The summed E-state index contributed by atoms with van der Waals surface area (Å²) in [7, 11) is 0. The molecule has 1 aliphatic heterocycles. The van der Waals surface area contributed by atoms with E-state index < -0.39 is 6.10 Å². The summed E-state index contributed by atoms with van der Waals surface area (Å²) in [6, 6.07) is 17.2. The first-order valence-electron chi connectivity index (χ1n) is 5.92. The van der Waals surface area contributed by atoms with E-state index in [1.54, 1.807) is 11.8 Å². The normalized spacial score (nSPS) is 18.2. The summed E-state index contributed by atoms with van der Waals surface area (Å²) in [6.07, 6.45) is -0.458. The van der Waals surface area contributed by atoms with Gasteiger partial charge in [-0.25, -0.2) is 0 Å². The summed E-state index contributed by atoms with van der Waals surface area (Å²) in [5.74, 6) is 0.702. The molecule has 2 aromatic rings. The smallest absolute Gasteiger partial charge is 0.272 e. The second kappa shape index (κ2) is 4.18. The van der Waals surface area contributed by atoms with Gasteiger partial charge in [0.1, 0.15) is 5.75 Å². The highest BCUT2D eigenvalue weighted by Gasteiger charge is 2.31. The third-order valence-electron chi connectivity index (χ3n) is 2.99. The van der Waals surface area contributed by atoms with E-state index in [0.29, 0.717) is 0 Å². The van der Waals surface area contributed by atoms with Crippen LogP contribution in [0.25, 0.3) is 0 Å². The fourth-order valence-corrected chi connectivity index (χ4v) is 2.13. The van der Waals surface area contributed by atoms with Crippen LogP contribution in [0.1, 0.15) is 6.92 Å². The lowest BCUT2D eigenvalue weighted by Gasteiger charge is -2.32. The maximum Gasteiger partial charge on any atom is 0.272 e. The number of nitrogens with zero attached hydrogens (tertiary/aromatic N) is 1. The lowest BCUT2D eigenvalue weighted by atomic mass is 10.1. The van der Waals surface area contributed by atoms with Gasteiger partial charge in [-0.3, -0.25) is 9.69 Å². The number of hydrogen-bond acceptors (Lipinski definition) is 2. The fraction of sp³-hybridized carbons (Fsp3) is 0.133. The van der Waals surface area contributed by atoms with Crippen molar-refractivity contribution >= 4 is 17.3 Å². The van der Waals surface area contributed by atoms with Crippen molar-refractivity contribution < 1.29 is 9.53 Å². The Morgan fingerprint density at radius 1 is 1.00 bits per heavy atom. The first-order chi connectivity index (χ1) is 8.77. The van der Waals surface area contributed by atoms with Gasteiger partial charge in [0.2, 0.25) is 0 Å². The molecule has 3 nitrogen and oxygen atoms in total. The van der Waals surface area contributed by atoms with E-state index in [9.17, 15) is 4.79 Å². The van der Waals surface area contributed by atoms with Gasteiger partial charge >= 0.3 is 0 Å². The van der Waals surface area contributed by atoms with Crippen LogP contribution in [0.2, 0.25) is 0 Å². The minimum atomic E-state index is -0.458. The summed E-state index contributed by atoms with van der Waals surface area (Å²) in [5, 5.41) is 0. The Morgan fingerprint density at radius 3 is 2.44 bits per heavy atom. The lowest BCUT2D eigenvalue weighted by molar-refractivity contribution is -0.124. The Kier molecular flexibility index (Phi) is 2.52. The van der Waals surface area contributed by atoms with E-state index in [-0.39, 0.29) is 5.91 Å². The van der Waals surface area contributed by atoms with Gasteiger partial charge in [-0.15, -0.1) is 0 Å². The molecule has 0 spiro atoms. The first-order valence-corrected chi connectivity index (χ1v) is 5.92. The zero-order valence-electron chi connectivity index (χ0n) is 10.0. The van der Waals surface area contributed by atoms with Crippen LogP contribution in [-0.4, -0.2) is 12.0 Å². The van der Waals surface area contributed by atoms with Crippen LogP contribution >= 0.6 is 0 Å². The molecule has 18 heavy (non-hydrogen) atoms. The molecule has 0 radical (unpaired) electrons. The topological polar surface area (TPSA) is 29.5 Å². The molecule has 1 aliphatic rings. The third kappa shape index (κ3) is 1.64. The second-order valence-corrected chi connectivity index (χ2v) is 4.24. The number of ether oxygens (including phenoxy) is 1. The SMILES string of the molecule is CC1Oc2ccccc2N(c2ccccc2)C1=O. The standard InChI is InChI=1S/C15H13NO2/c1-11-15(17)16(12-7-3-2-4-8-12)13-9-5-6-10-14(13)18-11/h2-11H,1H3. The molecule has 0 aromatic heterocycles. The summed E-state index contributed by atoms with van der Waals surface area (Å²) in [5.41, 5.74) is 1.66. The summed E-state index contributed by atoms with van der Waals surface area (Å²) >= 11 is 0. The predicted octanol–water partition coefficient (Wildman–Crippen LogP) is 3.13. The first kappa shape index (κ1) is 10.8. The van der Waals surface area contributed by atoms with Gasteiger partial charge in [-0.1, -0.05) is 30.3 Å². The Morgan fingerprint density at radius 2 is 1.67 bits per heavy atom. The number of carbonyl (C=O) groups excluding carboxylic acids is 1. The van der Waals surface area contributed by atoms with E-state index in [0.717, 1.165) is 17.1 Å². The molecule has 2 aromatic carbocycles. The lowest BCUT2D eigenvalue weighted by Crippen LogP contribution is -2.41. The second-order valence-electron chi connectivity index (χ2n) is 4.24. The van der Waals surface area contributed by atoms with E-state index in [1.165, 1.54) is 0 Å². The predicted molar refractivity (Wildman–Crippen MR) is 70.1 cm³/mol.